The van der Waals surface area contributed by atoms with Gasteiger partial charge in [-0.3, -0.25) is 19.2 Å². The Kier molecular flexibility index (Phi) is 11.5. The van der Waals surface area contributed by atoms with Gasteiger partial charge in [-0.1, -0.05) is 32.0 Å². The molecule has 0 spiro atoms. The Bertz CT molecular complexity index is 1330. The van der Waals surface area contributed by atoms with Crippen LogP contribution in [0.1, 0.15) is 61.9 Å². The summed E-state index contributed by atoms with van der Waals surface area (Å²) in [6.07, 6.45) is 2.92. The molecule has 4 amide bonds. The summed E-state index contributed by atoms with van der Waals surface area (Å²) < 4.78 is 16.7. The number of aryl methyl sites for hydroxylation is 1. The fraction of sp³-hybridized carbons (Fsp3) is 0.515. The molecular weight excluding hydrogens is 564 g/mol. The number of hydrogen-bond acceptors (Lipinski definition) is 7. The van der Waals surface area contributed by atoms with Crippen molar-refractivity contribution in [3.8, 4) is 17.2 Å². The van der Waals surface area contributed by atoms with Crippen molar-refractivity contribution in [2.24, 2.45) is 5.92 Å². The van der Waals surface area contributed by atoms with Crippen LogP contribution in [0.15, 0.2) is 42.5 Å². The standard InChI is InChI=1S/C33H44N4O7/c1-21(2)17-23-20-44-27-12-6-5-10-24(27)31(39)36-25(19-30(38)37-16-8-11-26(37)33(41)35-23)32(40)34-15-7-9-22-13-14-28(42-3)29(18-22)43-4/h5-6,10,12-14,18,21,23,25-26H,7-9,11,15-17,19-20H2,1-4H3,(H,34,40)(H,35,41)(H,36,39)/t23-,25-,26+/m0/s1. The largest absolute Gasteiger partial charge is 0.493 e. The predicted octanol–water partition coefficient (Wildman–Crippen LogP) is 2.86. The van der Waals surface area contributed by atoms with Crippen molar-refractivity contribution in [3.63, 3.8) is 0 Å². The van der Waals surface area contributed by atoms with Gasteiger partial charge in [0.2, 0.25) is 17.7 Å². The fourth-order valence-electron chi connectivity index (χ4n) is 5.74. The maximum Gasteiger partial charge on any atom is 0.255 e. The molecule has 0 aromatic heterocycles. The van der Waals surface area contributed by atoms with E-state index in [9.17, 15) is 19.2 Å². The molecule has 238 valence electrons. The van der Waals surface area contributed by atoms with Crippen LogP contribution in [0.25, 0.3) is 0 Å². The molecule has 1 saturated heterocycles. The molecule has 11 nitrogen and oxygen atoms in total. The van der Waals surface area contributed by atoms with Crippen LogP contribution >= 0.6 is 0 Å². The van der Waals surface area contributed by atoms with Gasteiger partial charge in [-0.05, 0) is 67.9 Å². The minimum atomic E-state index is -1.13. The SMILES string of the molecule is COc1ccc(CCCNC(=O)[C@@H]2CC(=O)N3CCC[C@@H]3C(=O)N[C@@H](CC(C)C)COc3ccccc3C(=O)N2)cc1OC. The zero-order valence-corrected chi connectivity index (χ0v) is 26.0. The zero-order chi connectivity index (χ0) is 31.6. The molecule has 2 heterocycles. The first-order valence-corrected chi connectivity index (χ1v) is 15.3. The number of ether oxygens (including phenoxy) is 3. The number of hydrogen-bond donors (Lipinski definition) is 3. The van der Waals surface area contributed by atoms with Gasteiger partial charge < -0.3 is 35.1 Å². The number of fused-ring (bicyclic) bond motifs is 2. The number of methoxy groups -OCH3 is 2. The molecule has 0 radical (unpaired) electrons. The Balaban J connectivity index is 1.50. The molecule has 2 aliphatic heterocycles. The molecule has 0 bridgehead atoms. The van der Waals surface area contributed by atoms with E-state index in [1.54, 1.807) is 38.5 Å². The Labute approximate surface area is 259 Å². The highest BCUT2D eigenvalue weighted by atomic mass is 16.5. The van der Waals surface area contributed by atoms with Gasteiger partial charge in [-0.15, -0.1) is 0 Å². The molecule has 11 heteroatoms. The third kappa shape index (κ3) is 8.42. The Morgan fingerprint density at radius 2 is 1.84 bits per heavy atom. The van der Waals surface area contributed by atoms with E-state index in [4.69, 9.17) is 14.2 Å². The van der Waals surface area contributed by atoms with Crippen LogP contribution in [0, 0.1) is 5.92 Å². The van der Waals surface area contributed by atoms with Gasteiger partial charge in [0.05, 0.1) is 32.2 Å². The minimum absolute atomic E-state index is 0.166. The molecular formula is C33H44N4O7. The molecule has 4 rings (SSSR count). The molecule has 0 aliphatic carbocycles. The summed E-state index contributed by atoms with van der Waals surface area (Å²) in [5.74, 6) is 0.336. The van der Waals surface area contributed by atoms with Gasteiger partial charge in [0, 0.05) is 13.1 Å². The van der Waals surface area contributed by atoms with E-state index in [-0.39, 0.29) is 36.4 Å². The van der Waals surface area contributed by atoms with Crippen molar-refractivity contribution in [2.75, 3.05) is 33.9 Å². The fourth-order valence-corrected chi connectivity index (χ4v) is 5.74. The molecule has 0 unspecified atom stereocenters. The average Bonchev–Trinajstić information content (AvgIpc) is 3.51. The lowest BCUT2D eigenvalue weighted by atomic mass is 10.0. The monoisotopic (exact) mass is 608 g/mol. The van der Waals surface area contributed by atoms with Crippen LogP contribution in [-0.4, -0.2) is 80.6 Å². The number of nitrogens with zero attached hydrogens (tertiary/aromatic N) is 1. The summed E-state index contributed by atoms with van der Waals surface area (Å²) in [5.41, 5.74) is 1.26. The third-order valence-corrected chi connectivity index (χ3v) is 7.94. The molecule has 2 aromatic rings. The highest BCUT2D eigenvalue weighted by Crippen LogP contribution is 2.28. The van der Waals surface area contributed by atoms with E-state index in [0.717, 1.165) is 5.56 Å². The normalized spacial score (nSPS) is 20.9. The van der Waals surface area contributed by atoms with Crippen LogP contribution in [-0.2, 0) is 20.8 Å². The molecule has 1 fully saturated rings. The quantitative estimate of drug-likeness (QED) is 0.373. The average molecular weight is 609 g/mol. The number of para-hydroxylation sites is 1. The third-order valence-electron chi connectivity index (χ3n) is 7.94. The number of nitrogens with one attached hydrogen (secondary N) is 3. The van der Waals surface area contributed by atoms with E-state index < -0.39 is 23.9 Å². The highest BCUT2D eigenvalue weighted by Gasteiger charge is 2.37. The lowest BCUT2D eigenvalue weighted by Gasteiger charge is -2.29. The highest BCUT2D eigenvalue weighted by molar-refractivity contribution is 6.01. The first-order valence-electron chi connectivity index (χ1n) is 15.3. The number of benzene rings is 2. The van der Waals surface area contributed by atoms with Crippen LogP contribution in [0.5, 0.6) is 17.2 Å². The summed E-state index contributed by atoms with van der Waals surface area (Å²) in [4.78, 5) is 55.3. The van der Waals surface area contributed by atoms with E-state index >= 15 is 0 Å². The van der Waals surface area contributed by atoms with Gasteiger partial charge in [0.15, 0.2) is 11.5 Å². The maximum absolute atomic E-state index is 13.5. The topological polar surface area (TPSA) is 135 Å². The van der Waals surface area contributed by atoms with E-state index in [0.29, 0.717) is 68.4 Å². The Morgan fingerprint density at radius 3 is 2.59 bits per heavy atom. The molecule has 2 aromatic carbocycles. The smallest absolute Gasteiger partial charge is 0.255 e. The molecule has 2 aliphatic rings. The molecule has 44 heavy (non-hydrogen) atoms. The summed E-state index contributed by atoms with van der Waals surface area (Å²) in [7, 11) is 3.16. The lowest BCUT2D eigenvalue weighted by Crippen LogP contribution is -2.53. The maximum atomic E-state index is 13.5. The van der Waals surface area contributed by atoms with Gasteiger partial charge in [-0.25, -0.2) is 0 Å². The number of carbonyl (C=O) groups is 4. The van der Waals surface area contributed by atoms with Crippen molar-refractivity contribution in [1.29, 1.82) is 0 Å². The van der Waals surface area contributed by atoms with Crippen LogP contribution in [0.2, 0.25) is 0 Å². The first kappa shape index (κ1) is 32.6. The van der Waals surface area contributed by atoms with E-state index in [1.165, 1.54) is 4.90 Å². The summed E-state index contributed by atoms with van der Waals surface area (Å²) >= 11 is 0. The summed E-state index contributed by atoms with van der Waals surface area (Å²) in [6, 6.07) is 10.4. The van der Waals surface area contributed by atoms with Crippen molar-refractivity contribution in [1.82, 2.24) is 20.9 Å². The van der Waals surface area contributed by atoms with Crippen LogP contribution in [0.3, 0.4) is 0 Å². The van der Waals surface area contributed by atoms with Crippen molar-refractivity contribution in [2.45, 2.75) is 70.5 Å². The second-order valence-electron chi connectivity index (χ2n) is 11.7. The lowest BCUT2D eigenvalue weighted by molar-refractivity contribution is -0.140. The Hall–Kier alpha value is -4.28. The molecule has 3 atom stereocenters. The van der Waals surface area contributed by atoms with Crippen LogP contribution in [0.4, 0.5) is 0 Å². The molecule has 3 N–H and O–H groups in total. The first-order chi connectivity index (χ1) is 21.2. The van der Waals surface area contributed by atoms with Gasteiger partial charge in [0.25, 0.3) is 5.91 Å². The van der Waals surface area contributed by atoms with E-state index in [1.807, 2.05) is 18.2 Å². The van der Waals surface area contributed by atoms with Gasteiger partial charge in [0.1, 0.15) is 24.4 Å². The van der Waals surface area contributed by atoms with Gasteiger partial charge >= 0.3 is 0 Å². The summed E-state index contributed by atoms with van der Waals surface area (Å²) in [6.45, 7) is 5.04. The van der Waals surface area contributed by atoms with E-state index in [2.05, 4.69) is 29.8 Å². The molecule has 0 saturated carbocycles. The Morgan fingerprint density at radius 1 is 1.07 bits per heavy atom. The van der Waals surface area contributed by atoms with Crippen molar-refractivity contribution in [3.05, 3.63) is 53.6 Å². The summed E-state index contributed by atoms with van der Waals surface area (Å²) in [5, 5.41) is 8.72. The second kappa shape index (κ2) is 15.4. The second-order valence-corrected chi connectivity index (χ2v) is 11.7. The zero-order valence-electron chi connectivity index (χ0n) is 26.0. The number of rotatable bonds is 9. The predicted molar refractivity (Wildman–Crippen MR) is 165 cm³/mol. The van der Waals surface area contributed by atoms with Crippen molar-refractivity contribution >= 4 is 23.6 Å². The number of amides is 4. The van der Waals surface area contributed by atoms with Crippen molar-refractivity contribution < 1.29 is 33.4 Å². The minimum Gasteiger partial charge on any atom is -0.493 e. The van der Waals surface area contributed by atoms with Gasteiger partial charge in [-0.2, -0.15) is 0 Å². The van der Waals surface area contributed by atoms with Crippen LogP contribution < -0.4 is 30.2 Å². The number of carbonyl (C=O) groups excluding carboxylic acids is 4.